The quantitative estimate of drug-likeness (QED) is 0.874. The van der Waals surface area contributed by atoms with E-state index in [0.29, 0.717) is 11.2 Å². The highest BCUT2D eigenvalue weighted by Gasteiger charge is 2.21. The third-order valence-corrected chi connectivity index (χ3v) is 5.46. The minimum atomic E-state index is 0.538. The molecule has 2 heterocycles. The first-order valence-corrected chi connectivity index (χ1v) is 8.01. The van der Waals surface area contributed by atoms with Crippen LogP contribution in [0.5, 0.6) is 0 Å². The monoisotopic (exact) mass is 256 g/mol. The normalized spacial score (nSPS) is 22.5. The zero-order chi connectivity index (χ0) is 11.4. The van der Waals surface area contributed by atoms with Crippen LogP contribution in [-0.4, -0.2) is 23.8 Å². The highest BCUT2D eigenvalue weighted by atomic mass is 32.2. The number of nitrogens with zero attached hydrogens (tertiary/aromatic N) is 1. The van der Waals surface area contributed by atoms with E-state index in [1.54, 1.807) is 0 Å². The summed E-state index contributed by atoms with van der Waals surface area (Å²) in [5.41, 5.74) is 1.27. The highest BCUT2D eigenvalue weighted by Crippen LogP contribution is 2.41. The molecule has 2 rings (SSSR count). The van der Waals surface area contributed by atoms with Crippen LogP contribution >= 0.6 is 23.1 Å². The molecular weight excluding hydrogens is 236 g/mol. The van der Waals surface area contributed by atoms with Crippen LogP contribution in [0.2, 0.25) is 0 Å². The second-order valence-corrected chi connectivity index (χ2v) is 6.52. The Hall–Kier alpha value is -0.0600. The first kappa shape index (κ1) is 12.4. The van der Waals surface area contributed by atoms with Crippen LogP contribution in [0.15, 0.2) is 5.38 Å². The standard InChI is InChI=1S/C12H20N2S2/c1-3-13-7-9(2)10-8-16-12(14-10)11-5-4-6-15-11/h8-9,11,13H,3-7H2,1-2H3. The van der Waals surface area contributed by atoms with E-state index in [4.69, 9.17) is 4.98 Å². The topological polar surface area (TPSA) is 24.9 Å². The predicted molar refractivity (Wildman–Crippen MR) is 73.5 cm³/mol. The summed E-state index contributed by atoms with van der Waals surface area (Å²) in [6, 6.07) is 0. The fourth-order valence-electron chi connectivity index (χ4n) is 1.91. The van der Waals surface area contributed by atoms with Crippen molar-refractivity contribution in [2.24, 2.45) is 0 Å². The van der Waals surface area contributed by atoms with Gasteiger partial charge in [0.25, 0.3) is 0 Å². The van der Waals surface area contributed by atoms with Crippen LogP contribution in [0, 0.1) is 0 Å². The van der Waals surface area contributed by atoms with E-state index in [1.165, 1.54) is 29.3 Å². The van der Waals surface area contributed by atoms with Crippen LogP contribution in [-0.2, 0) is 0 Å². The van der Waals surface area contributed by atoms with Crippen LogP contribution in [0.1, 0.15) is 48.6 Å². The lowest BCUT2D eigenvalue weighted by molar-refractivity contribution is 0.623. The van der Waals surface area contributed by atoms with Gasteiger partial charge in [0, 0.05) is 17.8 Å². The molecule has 0 aromatic carbocycles. The Morgan fingerprint density at radius 1 is 1.62 bits per heavy atom. The van der Waals surface area contributed by atoms with E-state index in [1.807, 2.05) is 11.3 Å². The molecule has 0 radical (unpaired) electrons. The molecule has 1 saturated heterocycles. The van der Waals surface area contributed by atoms with Crippen molar-refractivity contribution in [2.45, 2.75) is 37.9 Å². The summed E-state index contributed by atoms with van der Waals surface area (Å²) in [5, 5.41) is 7.66. The molecule has 0 amide bonds. The van der Waals surface area contributed by atoms with E-state index in [0.717, 1.165) is 13.1 Å². The summed E-state index contributed by atoms with van der Waals surface area (Å²) in [5.74, 6) is 1.85. The summed E-state index contributed by atoms with van der Waals surface area (Å²) < 4.78 is 0. The van der Waals surface area contributed by atoms with Crippen molar-refractivity contribution in [2.75, 3.05) is 18.8 Å². The fourth-order valence-corrected chi connectivity index (χ4v) is 4.38. The molecule has 1 aromatic heterocycles. The maximum absolute atomic E-state index is 4.80. The number of rotatable bonds is 5. The number of aromatic nitrogens is 1. The zero-order valence-electron chi connectivity index (χ0n) is 10.0. The Bertz CT molecular complexity index is 319. The zero-order valence-corrected chi connectivity index (χ0v) is 11.7. The van der Waals surface area contributed by atoms with Crippen molar-refractivity contribution in [3.05, 3.63) is 16.1 Å². The van der Waals surface area contributed by atoms with Gasteiger partial charge in [0.05, 0.1) is 10.9 Å². The number of hydrogen-bond acceptors (Lipinski definition) is 4. The van der Waals surface area contributed by atoms with Gasteiger partial charge in [-0.3, -0.25) is 0 Å². The molecule has 1 N–H and O–H groups in total. The van der Waals surface area contributed by atoms with Crippen LogP contribution < -0.4 is 5.32 Å². The van der Waals surface area contributed by atoms with Gasteiger partial charge in [-0.05, 0) is 25.1 Å². The van der Waals surface area contributed by atoms with E-state index in [2.05, 4.69) is 36.3 Å². The minimum absolute atomic E-state index is 0.538. The lowest BCUT2D eigenvalue weighted by Gasteiger charge is -2.08. The molecule has 1 aliphatic rings. The average Bonchev–Trinajstić information content (AvgIpc) is 2.94. The molecule has 16 heavy (non-hydrogen) atoms. The van der Waals surface area contributed by atoms with Crippen molar-refractivity contribution < 1.29 is 0 Å². The van der Waals surface area contributed by atoms with E-state index < -0.39 is 0 Å². The number of likely N-dealkylation sites (N-methyl/N-ethyl adjacent to an activating group) is 1. The molecule has 0 bridgehead atoms. The molecule has 4 heteroatoms. The first-order chi connectivity index (χ1) is 7.81. The van der Waals surface area contributed by atoms with E-state index >= 15 is 0 Å². The van der Waals surface area contributed by atoms with Crippen molar-refractivity contribution in [3.63, 3.8) is 0 Å². The van der Waals surface area contributed by atoms with Gasteiger partial charge in [0.2, 0.25) is 0 Å². The van der Waals surface area contributed by atoms with Crippen LogP contribution in [0.3, 0.4) is 0 Å². The first-order valence-electron chi connectivity index (χ1n) is 6.09. The van der Waals surface area contributed by atoms with Crippen molar-refractivity contribution in [3.8, 4) is 0 Å². The van der Waals surface area contributed by atoms with E-state index in [-0.39, 0.29) is 0 Å². The van der Waals surface area contributed by atoms with Crippen molar-refractivity contribution in [1.82, 2.24) is 10.3 Å². The summed E-state index contributed by atoms with van der Waals surface area (Å²) >= 11 is 3.92. The van der Waals surface area contributed by atoms with Gasteiger partial charge in [-0.25, -0.2) is 4.98 Å². The van der Waals surface area contributed by atoms with Gasteiger partial charge in [0.1, 0.15) is 5.01 Å². The average molecular weight is 256 g/mol. The molecule has 0 spiro atoms. The molecule has 2 nitrogen and oxygen atoms in total. The molecule has 90 valence electrons. The summed E-state index contributed by atoms with van der Waals surface area (Å²) in [6.45, 7) is 6.48. The maximum atomic E-state index is 4.80. The number of thiazole rings is 1. The van der Waals surface area contributed by atoms with Crippen LogP contribution in [0.25, 0.3) is 0 Å². The lowest BCUT2D eigenvalue weighted by Crippen LogP contribution is -2.19. The van der Waals surface area contributed by atoms with Gasteiger partial charge < -0.3 is 5.32 Å². The Labute approximate surface area is 106 Å². The van der Waals surface area contributed by atoms with Gasteiger partial charge in [-0.1, -0.05) is 13.8 Å². The Balaban J connectivity index is 1.95. The largest absolute Gasteiger partial charge is 0.316 e. The van der Waals surface area contributed by atoms with Gasteiger partial charge in [-0.2, -0.15) is 11.8 Å². The Morgan fingerprint density at radius 2 is 2.50 bits per heavy atom. The van der Waals surface area contributed by atoms with Gasteiger partial charge >= 0.3 is 0 Å². The molecule has 0 aliphatic carbocycles. The fraction of sp³-hybridized carbons (Fsp3) is 0.750. The molecule has 1 aromatic rings. The van der Waals surface area contributed by atoms with E-state index in [9.17, 15) is 0 Å². The van der Waals surface area contributed by atoms with Gasteiger partial charge in [0.15, 0.2) is 0 Å². The Morgan fingerprint density at radius 3 is 3.19 bits per heavy atom. The number of hydrogen-bond donors (Lipinski definition) is 1. The molecule has 1 aliphatic heterocycles. The smallest absolute Gasteiger partial charge is 0.106 e. The third kappa shape index (κ3) is 2.99. The molecule has 2 atom stereocenters. The van der Waals surface area contributed by atoms with Crippen LogP contribution in [0.4, 0.5) is 0 Å². The number of nitrogens with one attached hydrogen (secondary N) is 1. The molecule has 1 fully saturated rings. The molecule has 2 unspecified atom stereocenters. The van der Waals surface area contributed by atoms with Crippen molar-refractivity contribution >= 4 is 23.1 Å². The number of thioether (sulfide) groups is 1. The highest BCUT2D eigenvalue weighted by molar-refractivity contribution is 7.99. The second-order valence-electron chi connectivity index (χ2n) is 4.32. The van der Waals surface area contributed by atoms with Crippen molar-refractivity contribution in [1.29, 1.82) is 0 Å². The molecule has 0 saturated carbocycles. The minimum Gasteiger partial charge on any atom is -0.316 e. The lowest BCUT2D eigenvalue weighted by atomic mass is 10.1. The molecular formula is C12H20N2S2. The third-order valence-electron chi connectivity index (χ3n) is 2.95. The van der Waals surface area contributed by atoms with Gasteiger partial charge in [-0.15, -0.1) is 11.3 Å². The second kappa shape index (κ2) is 6.03. The summed E-state index contributed by atoms with van der Waals surface area (Å²) in [4.78, 5) is 4.80. The Kier molecular flexibility index (Phi) is 4.67. The predicted octanol–water partition coefficient (Wildman–Crippen LogP) is 3.42. The summed E-state index contributed by atoms with van der Waals surface area (Å²) in [6.07, 6.45) is 2.68. The SMILES string of the molecule is CCNCC(C)c1csc(C2CCCS2)n1. The maximum Gasteiger partial charge on any atom is 0.106 e. The summed E-state index contributed by atoms with van der Waals surface area (Å²) in [7, 11) is 0.